The Hall–Kier alpha value is -7.69. The van der Waals surface area contributed by atoms with E-state index in [9.17, 15) is 0 Å². The third kappa shape index (κ3) is 5.41. The van der Waals surface area contributed by atoms with Crippen molar-refractivity contribution >= 4 is 104 Å². The standard InChI is InChI=1S/C54H37B2N4/c1-5-19-37(20-6-1)57-47-30-16-13-27-42(47)43-36-51-53-54-52(43)55-44-34-33-41(58(38-21-7-2-8-22-38)39-23-9-3-10-24-39)35-50(44)60(54)49-32-18-15-29-46(49)56(53)45-28-14-17-31-48(45)59(51)40-25-11-4-12-26-40/h1-36,57H. The zero-order valence-corrected chi connectivity index (χ0v) is 32.8. The first kappa shape index (κ1) is 34.4. The molecule has 12 rings (SSSR count). The molecule has 60 heavy (non-hydrogen) atoms. The molecule has 9 aromatic rings. The van der Waals surface area contributed by atoms with Crippen LogP contribution in [0.5, 0.6) is 0 Å². The van der Waals surface area contributed by atoms with Crippen LogP contribution in [0.1, 0.15) is 0 Å². The van der Waals surface area contributed by atoms with Crippen LogP contribution in [0.4, 0.5) is 62.6 Å². The van der Waals surface area contributed by atoms with Crippen LogP contribution in [-0.4, -0.2) is 14.0 Å². The maximum Gasteiger partial charge on any atom is 0.252 e. The molecule has 1 radical (unpaired) electrons. The Morgan fingerprint density at radius 1 is 0.433 bits per heavy atom. The van der Waals surface area contributed by atoms with E-state index in [2.05, 4.69) is 246 Å². The van der Waals surface area contributed by atoms with Crippen LogP contribution in [0.25, 0.3) is 11.1 Å². The van der Waals surface area contributed by atoms with Crippen LogP contribution in [0.2, 0.25) is 0 Å². The summed E-state index contributed by atoms with van der Waals surface area (Å²) >= 11 is 0. The van der Waals surface area contributed by atoms with Gasteiger partial charge >= 0.3 is 0 Å². The van der Waals surface area contributed by atoms with Crippen molar-refractivity contribution in [1.82, 2.24) is 0 Å². The van der Waals surface area contributed by atoms with Gasteiger partial charge in [-0.05, 0) is 107 Å². The lowest BCUT2D eigenvalue weighted by Crippen LogP contribution is -2.64. The highest BCUT2D eigenvalue weighted by Crippen LogP contribution is 2.47. The second kappa shape index (κ2) is 14.0. The SMILES string of the molecule is [B]1c2ccc(N(c3ccccc3)c3ccccc3)cc2N2c3ccccc3B3c4ccccc4N(c4ccccc4)c4cc(-c5ccccc5Nc5ccccc5)c1c2c43. The van der Waals surface area contributed by atoms with Crippen LogP contribution in [0.15, 0.2) is 218 Å². The van der Waals surface area contributed by atoms with E-state index in [-0.39, 0.29) is 6.71 Å². The van der Waals surface area contributed by atoms with Crippen LogP contribution < -0.4 is 47.3 Å². The fourth-order valence-corrected chi connectivity index (χ4v) is 9.72. The molecular weight excluding hydrogens is 726 g/mol. The van der Waals surface area contributed by atoms with Gasteiger partial charge < -0.3 is 20.0 Å². The number of nitrogens with zero attached hydrogens (tertiary/aromatic N) is 3. The van der Waals surface area contributed by atoms with Gasteiger partial charge in [0.25, 0.3) is 6.71 Å². The molecule has 0 saturated heterocycles. The summed E-state index contributed by atoms with van der Waals surface area (Å²) in [4.78, 5) is 7.42. The summed E-state index contributed by atoms with van der Waals surface area (Å²) in [6.07, 6.45) is 0. The molecule has 0 spiro atoms. The van der Waals surface area contributed by atoms with Gasteiger partial charge in [-0.3, -0.25) is 0 Å². The maximum atomic E-state index is 3.79. The minimum absolute atomic E-state index is 0.0346. The van der Waals surface area contributed by atoms with Crippen LogP contribution >= 0.6 is 0 Å². The van der Waals surface area contributed by atoms with E-state index in [0.717, 1.165) is 45.4 Å². The Morgan fingerprint density at radius 2 is 1.00 bits per heavy atom. The van der Waals surface area contributed by atoms with Gasteiger partial charge in [0, 0.05) is 68.1 Å². The molecule has 0 bridgehead atoms. The van der Waals surface area contributed by atoms with E-state index in [1.807, 2.05) is 0 Å². The van der Waals surface area contributed by atoms with E-state index < -0.39 is 0 Å². The summed E-state index contributed by atoms with van der Waals surface area (Å²) in [6, 6.07) is 79.0. The second-order valence-corrected chi connectivity index (χ2v) is 15.6. The molecule has 0 amide bonds. The fraction of sp³-hybridized carbons (Fsp3) is 0. The van der Waals surface area contributed by atoms with E-state index in [1.54, 1.807) is 0 Å². The van der Waals surface area contributed by atoms with Crippen molar-refractivity contribution in [3.63, 3.8) is 0 Å². The third-order valence-corrected chi connectivity index (χ3v) is 12.2. The molecule has 279 valence electrons. The monoisotopic (exact) mass is 763 g/mol. The predicted octanol–water partition coefficient (Wildman–Crippen LogP) is 10.6. The quantitative estimate of drug-likeness (QED) is 0.163. The number of nitrogens with one attached hydrogen (secondary N) is 1. The van der Waals surface area contributed by atoms with Crippen molar-refractivity contribution in [2.45, 2.75) is 0 Å². The van der Waals surface area contributed by atoms with Crippen molar-refractivity contribution in [1.29, 1.82) is 0 Å². The first-order valence-corrected chi connectivity index (χ1v) is 20.6. The molecule has 9 aromatic carbocycles. The van der Waals surface area contributed by atoms with Gasteiger partial charge in [-0.25, -0.2) is 0 Å². The van der Waals surface area contributed by atoms with Crippen molar-refractivity contribution < 1.29 is 0 Å². The smallest absolute Gasteiger partial charge is 0.252 e. The van der Waals surface area contributed by atoms with Crippen molar-refractivity contribution in [2.24, 2.45) is 0 Å². The van der Waals surface area contributed by atoms with Crippen molar-refractivity contribution in [2.75, 3.05) is 20.0 Å². The predicted molar refractivity (Wildman–Crippen MR) is 255 cm³/mol. The third-order valence-electron chi connectivity index (χ3n) is 12.2. The van der Waals surface area contributed by atoms with E-state index in [0.29, 0.717) is 0 Å². The summed E-state index contributed by atoms with van der Waals surface area (Å²) < 4.78 is 0. The van der Waals surface area contributed by atoms with E-state index in [4.69, 9.17) is 0 Å². The molecule has 1 N–H and O–H groups in total. The molecule has 0 unspecified atom stereocenters. The first-order chi connectivity index (χ1) is 29.8. The molecule has 3 aliphatic heterocycles. The zero-order chi connectivity index (χ0) is 39.6. The lowest BCUT2D eigenvalue weighted by Gasteiger charge is -2.47. The van der Waals surface area contributed by atoms with Crippen LogP contribution in [-0.2, 0) is 0 Å². The topological polar surface area (TPSA) is 21.8 Å². The summed E-state index contributed by atoms with van der Waals surface area (Å²) in [6.45, 7) is 0.0346. The number of hydrogen-bond donors (Lipinski definition) is 1. The molecule has 3 aliphatic rings. The minimum Gasteiger partial charge on any atom is -0.355 e. The number of anilines is 11. The lowest BCUT2D eigenvalue weighted by molar-refractivity contribution is 1.25. The number of benzene rings is 9. The summed E-state index contributed by atoms with van der Waals surface area (Å²) in [5.41, 5.74) is 21.2. The highest BCUT2D eigenvalue weighted by Gasteiger charge is 2.46. The number of fused-ring (bicyclic) bond motifs is 7. The Morgan fingerprint density at radius 3 is 1.68 bits per heavy atom. The van der Waals surface area contributed by atoms with Gasteiger partial charge in [-0.2, -0.15) is 0 Å². The Labute approximate surface area is 352 Å². The Balaban J connectivity index is 1.16. The first-order valence-electron chi connectivity index (χ1n) is 20.6. The van der Waals surface area contributed by atoms with E-state index >= 15 is 0 Å². The second-order valence-electron chi connectivity index (χ2n) is 15.6. The lowest BCUT2D eigenvalue weighted by atomic mass is 9.32. The molecule has 0 atom stereocenters. The van der Waals surface area contributed by atoms with Crippen molar-refractivity contribution in [3.05, 3.63) is 218 Å². The summed E-state index contributed by atoms with van der Waals surface area (Å²) in [5.74, 6) is 0. The molecular formula is C54H37B2N4. The summed E-state index contributed by atoms with van der Waals surface area (Å²) in [7, 11) is 2.44. The maximum absolute atomic E-state index is 3.79. The average Bonchev–Trinajstić information content (AvgIpc) is 3.32. The molecule has 6 heteroatoms. The summed E-state index contributed by atoms with van der Waals surface area (Å²) in [5, 5.41) is 3.79. The van der Waals surface area contributed by atoms with Gasteiger partial charge in [0.15, 0.2) is 7.28 Å². The number of hydrogen-bond acceptors (Lipinski definition) is 4. The minimum atomic E-state index is 0.0346. The largest absolute Gasteiger partial charge is 0.355 e. The fourth-order valence-electron chi connectivity index (χ4n) is 9.72. The number of para-hydroxylation sites is 7. The molecule has 4 nitrogen and oxygen atoms in total. The Kier molecular flexibility index (Phi) is 8.02. The molecule has 0 saturated carbocycles. The van der Waals surface area contributed by atoms with Crippen LogP contribution in [0, 0.1) is 0 Å². The van der Waals surface area contributed by atoms with Gasteiger partial charge in [0.05, 0.1) is 0 Å². The molecule has 3 heterocycles. The average molecular weight is 764 g/mol. The number of rotatable bonds is 7. The van der Waals surface area contributed by atoms with Crippen molar-refractivity contribution in [3.8, 4) is 11.1 Å². The van der Waals surface area contributed by atoms with Gasteiger partial charge in [0.2, 0.25) is 0 Å². The molecule has 0 aliphatic carbocycles. The van der Waals surface area contributed by atoms with Gasteiger partial charge in [-0.1, -0.05) is 144 Å². The highest BCUT2D eigenvalue weighted by molar-refractivity contribution is 7.01. The Bertz CT molecular complexity index is 3030. The molecule has 0 aromatic heterocycles. The van der Waals surface area contributed by atoms with Gasteiger partial charge in [-0.15, -0.1) is 0 Å². The zero-order valence-electron chi connectivity index (χ0n) is 32.8. The normalized spacial score (nSPS) is 12.7. The van der Waals surface area contributed by atoms with Gasteiger partial charge in [0.1, 0.15) is 0 Å². The van der Waals surface area contributed by atoms with E-state index in [1.165, 1.54) is 55.6 Å². The molecule has 0 fully saturated rings. The van der Waals surface area contributed by atoms with Crippen LogP contribution in [0.3, 0.4) is 0 Å². The highest BCUT2D eigenvalue weighted by atomic mass is 15.2.